The lowest BCUT2D eigenvalue weighted by Gasteiger charge is -2.39. The minimum absolute atomic E-state index is 0.0928. The van der Waals surface area contributed by atoms with E-state index in [1.165, 1.54) is 12.1 Å². The van der Waals surface area contributed by atoms with Gasteiger partial charge >= 0.3 is 0 Å². The summed E-state index contributed by atoms with van der Waals surface area (Å²) in [6.45, 7) is 5.31. The molecule has 1 aromatic carbocycles. The third-order valence-electron chi connectivity index (χ3n) is 6.30. The van der Waals surface area contributed by atoms with Crippen LogP contribution in [0, 0.1) is 16.2 Å². The number of nitrogens with one attached hydrogen (secondary N) is 1. The van der Waals surface area contributed by atoms with E-state index >= 15 is 0 Å². The molecule has 2 fully saturated rings. The highest BCUT2D eigenvalue weighted by Crippen LogP contribution is 2.69. The fraction of sp³-hybridized carbons (Fsp3) is 0.444. The molecule has 0 saturated heterocycles. The summed E-state index contributed by atoms with van der Waals surface area (Å²) >= 11 is 5.79. The Kier molecular flexibility index (Phi) is 3.80. The number of amides is 1. The highest BCUT2D eigenvalue weighted by Gasteiger charge is 2.74. The average molecular weight is 362 g/mol. The van der Waals surface area contributed by atoms with Crippen molar-refractivity contribution in [1.82, 2.24) is 5.43 Å². The zero-order valence-corrected chi connectivity index (χ0v) is 14.9. The van der Waals surface area contributed by atoms with Crippen LogP contribution in [0.3, 0.4) is 0 Å². The van der Waals surface area contributed by atoms with E-state index < -0.39 is 33.9 Å². The number of hydrazone groups is 1. The van der Waals surface area contributed by atoms with Crippen molar-refractivity contribution in [3.05, 3.63) is 34.9 Å². The van der Waals surface area contributed by atoms with E-state index in [4.69, 9.17) is 11.6 Å². The summed E-state index contributed by atoms with van der Waals surface area (Å²) < 4.78 is 0. The zero-order chi connectivity index (χ0) is 18.6. The van der Waals surface area contributed by atoms with Crippen LogP contribution in [0.4, 0.5) is 0 Å². The first-order valence-corrected chi connectivity index (χ1v) is 8.36. The van der Waals surface area contributed by atoms with Crippen LogP contribution in [-0.2, 0) is 9.59 Å². The minimum atomic E-state index is -1.59. The molecule has 6 nitrogen and oxygen atoms in total. The van der Waals surface area contributed by atoms with Crippen molar-refractivity contribution in [3.8, 4) is 0 Å². The van der Waals surface area contributed by atoms with Gasteiger partial charge in [-0.15, -0.1) is 0 Å². The molecule has 1 N–H and O–H groups in total. The molecule has 3 rings (SSSR count). The van der Waals surface area contributed by atoms with Gasteiger partial charge in [-0.3, -0.25) is 9.59 Å². The van der Waals surface area contributed by atoms with Crippen molar-refractivity contribution < 1.29 is 19.5 Å². The van der Waals surface area contributed by atoms with Crippen LogP contribution in [0.1, 0.15) is 44.0 Å². The number of carbonyl (C=O) groups excluding carboxylic acids is 3. The number of nitrogens with zero attached hydrogens (tertiary/aromatic N) is 1. The number of benzene rings is 1. The minimum Gasteiger partial charge on any atom is -0.549 e. The number of Topliss-reactive ketones (excluding diaryl/α,β-unsaturated/α-hetero) is 1. The molecule has 0 aliphatic heterocycles. The summed E-state index contributed by atoms with van der Waals surface area (Å²) in [4.78, 5) is 36.8. The van der Waals surface area contributed by atoms with Crippen LogP contribution in [-0.4, -0.2) is 23.4 Å². The van der Waals surface area contributed by atoms with E-state index in [0.717, 1.165) is 0 Å². The standard InChI is InChI=1S/C18H19ClN2O4/c1-16(2)17(3)8-9-18(16,15(24)25)13(22)12(17)20-21-14(23)10-4-6-11(19)7-5-10/h4-7H,8-9H2,1-3H3,(H,21,23)(H,24,25)/p-1/b20-12-/t17-,18-/m0/s1. The highest BCUT2D eigenvalue weighted by atomic mass is 35.5. The maximum Gasteiger partial charge on any atom is 0.271 e. The smallest absolute Gasteiger partial charge is 0.271 e. The molecule has 25 heavy (non-hydrogen) atoms. The molecular weight excluding hydrogens is 344 g/mol. The van der Waals surface area contributed by atoms with Gasteiger partial charge in [0.1, 0.15) is 5.71 Å². The van der Waals surface area contributed by atoms with Crippen molar-refractivity contribution in [2.24, 2.45) is 21.3 Å². The monoisotopic (exact) mass is 361 g/mol. The molecule has 2 bridgehead atoms. The largest absolute Gasteiger partial charge is 0.549 e. The number of halogens is 1. The molecule has 2 saturated carbocycles. The van der Waals surface area contributed by atoms with Crippen LogP contribution in [0.25, 0.3) is 0 Å². The molecule has 2 atom stereocenters. The molecule has 132 valence electrons. The second-order valence-corrected chi connectivity index (χ2v) is 7.82. The van der Waals surface area contributed by atoms with Crippen LogP contribution in [0.2, 0.25) is 5.02 Å². The van der Waals surface area contributed by atoms with Crippen molar-refractivity contribution in [1.29, 1.82) is 0 Å². The molecule has 2 aliphatic rings. The quantitative estimate of drug-likeness (QED) is 0.652. The van der Waals surface area contributed by atoms with Crippen molar-refractivity contribution in [2.45, 2.75) is 33.6 Å². The summed E-state index contributed by atoms with van der Waals surface area (Å²) in [5, 5.41) is 16.3. The van der Waals surface area contributed by atoms with Crippen LogP contribution >= 0.6 is 11.6 Å². The van der Waals surface area contributed by atoms with Gasteiger partial charge in [-0.25, -0.2) is 5.43 Å². The Morgan fingerprint density at radius 2 is 1.76 bits per heavy atom. The molecule has 0 spiro atoms. The Balaban J connectivity index is 1.94. The molecule has 0 unspecified atom stereocenters. The number of hydrogen-bond acceptors (Lipinski definition) is 5. The summed E-state index contributed by atoms with van der Waals surface area (Å²) in [6.07, 6.45) is 0.719. The first-order valence-electron chi connectivity index (χ1n) is 7.98. The number of carboxylic acid groups (broad SMARTS) is 1. The fourth-order valence-electron chi connectivity index (χ4n) is 4.19. The molecule has 0 aromatic heterocycles. The van der Waals surface area contributed by atoms with Crippen LogP contribution in [0.15, 0.2) is 29.4 Å². The third kappa shape index (κ3) is 2.10. The van der Waals surface area contributed by atoms with E-state index in [1.807, 2.05) is 6.92 Å². The topological polar surface area (TPSA) is 98.7 Å². The SMILES string of the molecule is CC1(C)[C@@]2(C(=O)[O-])CC[C@@]1(C)/C(=N\NC(=O)c1ccc(Cl)cc1)C2=O. The number of rotatable bonds is 3. The number of hydrogen-bond donors (Lipinski definition) is 1. The van der Waals surface area contributed by atoms with Gasteiger partial charge in [-0.05, 0) is 42.5 Å². The van der Waals surface area contributed by atoms with Gasteiger partial charge in [-0.2, -0.15) is 5.10 Å². The second kappa shape index (κ2) is 5.39. The number of carbonyl (C=O) groups is 3. The van der Waals surface area contributed by atoms with Crippen LogP contribution in [0.5, 0.6) is 0 Å². The van der Waals surface area contributed by atoms with Crippen molar-refractivity contribution in [2.75, 3.05) is 0 Å². The Morgan fingerprint density at radius 1 is 1.16 bits per heavy atom. The van der Waals surface area contributed by atoms with Gasteiger partial charge in [0.2, 0.25) is 0 Å². The molecule has 2 aliphatic carbocycles. The molecular formula is C18H18ClN2O4-. The maximum atomic E-state index is 12.8. The number of fused-ring (bicyclic) bond motifs is 2. The molecule has 0 heterocycles. The van der Waals surface area contributed by atoms with Crippen LogP contribution < -0.4 is 10.5 Å². The summed E-state index contributed by atoms with van der Waals surface area (Å²) in [5.74, 6) is -2.44. The summed E-state index contributed by atoms with van der Waals surface area (Å²) in [6, 6.07) is 6.22. The number of aliphatic carboxylic acids is 1. The first kappa shape index (κ1) is 17.6. The molecule has 1 amide bonds. The van der Waals surface area contributed by atoms with E-state index in [9.17, 15) is 19.5 Å². The number of ketones is 1. The molecule has 1 aromatic rings. The normalized spacial score (nSPS) is 31.4. The average Bonchev–Trinajstić information content (AvgIpc) is 2.82. The van der Waals surface area contributed by atoms with Gasteiger partial charge in [-0.1, -0.05) is 32.4 Å². The highest BCUT2D eigenvalue weighted by molar-refractivity contribution is 6.50. The third-order valence-corrected chi connectivity index (χ3v) is 6.55. The summed E-state index contributed by atoms with van der Waals surface area (Å²) in [7, 11) is 0. The van der Waals surface area contributed by atoms with Gasteiger partial charge in [0.25, 0.3) is 5.91 Å². The summed E-state index contributed by atoms with van der Waals surface area (Å²) in [5.41, 5.74) is -0.382. The van der Waals surface area contributed by atoms with E-state index in [0.29, 0.717) is 17.0 Å². The lowest BCUT2D eigenvalue weighted by molar-refractivity contribution is -0.320. The molecule has 0 radical (unpaired) electrons. The van der Waals surface area contributed by atoms with E-state index in [-0.39, 0.29) is 12.1 Å². The fourth-order valence-corrected chi connectivity index (χ4v) is 4.32. The second-order valence-electron chi connectivity index (χ2n) is 7.39. The lowest BCUT2D eigenvalue weighted by atomic mass is 9.65. The van der Waals surface area contributed by atoms with Gasteiger partial charge in [0.15, 0.2) is 5.78 Å². The Hall–Kier alpha value is -2.21. The molecule has 7 heteroatoms. The van der Waals surface area contributed by atoms with E-state index in [2.05, 4.69) is 10.5 Å². The Morgan fingerprint density at radius 3 is 2.28 bits per heavy atom. The Labute approximate surface area is 150 Å². The zero-order valence-electron chi connectivity index (χ0n) is 14.2. The van der Waals surface area contributed by atoms with Crippen molar-refractivity contribution >= 4 is 35.0 Å². The predicted octanol–water partition coefficient (Wildman–Crippen LogP) is 1.57. The predicted molar refractivity (Wildman–Crippen MR) is 89.9 cm³/mol. The lowest BCUT2D eigenvalue weighted by Crippen LogP contribution is -2.51. The van der Waals surface area contributed by atoms with Gasteiger partial charge < -0.3 is 9.90 Å². The number of carboxylic acids is 1. The van der Waals surface area contributed by atoms with Crippen molar-refractivity contribution in [3.63, 3.8) is 0 Å². The Bertz CT molecular complexity index is 815. The van der Waals surface area contributed by atoms with E-state index in [1.54, 1.807) is 26.0 Å². The van der Waals surface area contributed by atoms with Gasteiger partial charge in [0, 0.05) is 16.0 Å². The first-order chi connectivity index (χ1) is 11.6. The van der Waals surface area contributed by atoms with Gasteiger partial charge in [0.05, 0.1) is 11.4 Å². The maximum absolute atomic E-state index is 12.8.